The predicted octanol–water partition coefficient (Wildman–Crippen LogP) is 3.15. The molecule has 0 radical (unpaired) electrons. The van der Waals surface area contributed by atoms with E-state index in [1.54, 1.807) is 6.26 Å². The highest BCUT2D eigenvalue weighted by molar-refractivity contribution is 5.70. The molecule has 1 aromatic carbocycles. The zero-order chi connectivity index (χ0) is 14.8. The Labute approximate surface area is 127 Å². The number of anilines is 2. The average Bonchev–Trinajstić information content (AvgIpc) is 3.18. The van der Waals surface area contributed by atoms with E-state index in [4.69, 9.17) is 8.94 Å². The Kier molecular flexibility index (Phi) is 3.27. The summed E-state index contributed by atoms with van der Waals surface area (Å²) >= 11 is 0. The second-order valence-corrected chi connectivity index (χ2v) is 5.21. The van der Waals surface area contributed by atoms with Gasteiger partial charge in [0.25, 0.3) is 0 Å². The number of furan rings is 1. The quantitative estimate of drug-likeness (QED) is 0.801. The molecule has 3 aromatic rings. The molecule has 0 bridgehead atoms. The Morgan fingerprint density at radius 3 is 3.05 bits per heavy atom. The van der Waals surface area contributed by atoms with E-state index < -0.39 is 0 Å². The highest BCUT2D eigenvalue weighted by atomic mass is 16.5. The maximum atomic E-state index is 5.36. The Bertz CT molecular complexity index is 751. The predicted molar refractivity (Wildman–Crippen MR) is 82.6 cm³/mol. The fourth-order valence-electron chi connectivity index (χ4n) is 2.66. The van der Waals surface area contributed by atoms with Crippen LogP contribution in [-0.2, 0) is 6.54 Å². The monoisotopic (exact) mass is 296 g/mol. The average molecular weight is 296 g/mol. The summed E-state index contributed by atoms with van der Waals surface area (Å²) in [5, 5.41) is 7.43. The van der Waals surface area contributed by atoms with Crippen LogP contribution in [0.3, 0.4) is 0 Å². The summed E-state index contributed by atoms with van der Waals surface area (Å²) in [6.07, 6.45) is 2.66. The van der Waals surface area contributed by atoms with Crippen LogP contribution >= 0.6 is 0 Å². The molecule has 0 aliphatic carbocycles. The Morgan fingerprint density at radius 1 is 1.18 bits per heavy atom. The molecule has 0 saturated carbocycles. The third-order valence-corrected chi connectivity index (χ3v) is 3.70. The SMILES string of the molecule is c1coc(-c2noc(CN3CCCNc4ccccc43)n2)c1. The van der Waals surface area contributed by atoms with Crippen molar-refractivity contribution in [1.29, 1.82) is 0 Å². The molecule has 0 saturated heterocycles. The van der Waals surface area contributed by atoms with Gasteiger partial charge in [-0.2, -0.15) is 4.98 Å². The highest BCUT2D eigenvalue weighted by Gasteiger charge is 2.18. The first kappa shape index (κ1) is 12.9. The Morgan fingerprint density at radius 2 is 2.14 bits per heavy atom. The van der Waals surface area contributed by atoms with E-state index in [0.29, 0.717) is 24.0 Å². The van der Waals surface area contributed by atoms with Crippen molar-refractivity contribution < 1.29 is 8.94 Å². The van der Waals surface area contributed by atoms with Crippen LogP contribution in [0, 0.1) is 0 Å². The van der Waals surface area contributed by atoms with Crippen LogP contribution in [0.4, 0.5) is 11.4 Å². The number of hydrogen-bond acceptors (Lipinski definition) is 6. The maximum Gasteiger partial charge on any atom is 0.246 e. The molecule has 1 N–H and O–H groups in total. The Hall–Kier alpha value is -2.76. The fourth-order valence-corrected chi connectivity index (χ4v) is 2.66. The van der Waals surface area contributed by atoms with Crippen LogP contribution in [-0.4, -0.2) is 23.2 Å². The summed E-state index contributed by atoms with van der Waals surface area (Å²) < 4.78 is 10.7. The van der Waals surface area contributed by atoms with Gasteiger partial charge < -0.3 is 19.2 Å². The molecule has 6 nitrogen and oxygen atoms in total. The highest BCUT2D eigenvalue weighted by Crippen LogP contribution is 2.29. The van der Waals surface area contributed by atoms with Gasteiger partial charge in [-0.1, -0.05) is 17.3 Å². The number of fused-ring (bicyclic) bond motifs is 1. The first-order chi connectivity index (χ1) is 10.9. The number of nitrogens with one attached hydrogen (secondary N) is 1. The van der Waals surface area contributed by atoms with Crippen LogP contribution in [0.2, 0.25) is 0 Å². The minimum atomic E-state index is 0.487. The molecular formula is C16H16N4O2. The van der Waals surface area contributed by atoms with Crippen molar-refractivity contribution in [2.45, 2.75) is 13.0 Å². The first-order valence-electron chi connectivity index (χ1n) is 7.34. The normalized spacial score (nSPS) is 14.3. The topological polar surface area (TPSA) is 67.3 Å². The van der Waals surface area contributed by atoms with Gasteiger partial charge in [-0.05, 0) is 30.7 Å². The second-order valence-electron chi connectivity index (χ2n) is 5.21. The summed E-state index contributed by atoms with van der Waals surface area (Å²) in [6, 6.07) is 11.9. The van der Waals surface area contributed by atoms with Gasteiger partial charge >= 0.3 is 0 Å². The van der Waals surface area contributed by atoms with E-state index in [1.807, 2.05) is 24.3 Å². The lowest BCUT2D eigenvalue weighted by molar-refractivity contribution is 0.375. The Balaban J connectivity index is 1.58. The summed E-state index contributed by atoms with van der Waals surface area (Å²) in [5.41, 5.74) is 2.31. The number of benzene rings is 1. The number of aromatic nitrogens is 2. The molecule has 1 aliphatic heterocycles. The number of rotatable bonds is 3. The molecule has 2 aromatic heterocycles. The summed E-state index contributed by atoms with van der Waals surface area (Å²) in [6.45, 7) is 2.50. The molecule has 22 heavy (non-hydrogen) atoms. The van der Waals surface area contributed by atoms with E-state index in [9.17, 15) is 0 Å². The molecule has 1 aliphatic rings. The van der Waals surface area contributed by atoms with Gasteiger partial charge in [0.2, 0.25) is 11.7 Å². The third kappa shape index (κ3) is 2.43. The van der Waals surface area contributed by atoms with E-state index in [1.165, 1.54) is 0 Å². The first-order valence-corrected chi connectivity index (χ1v) is 7.34. The third-order valence-electron chi connectivity index (χ3n) is 3.70. The number of nitrogens with zero attached hydrogens (tertiary/aromatic N) is 3. The van der Waals surface area contributed by atoms with Gasteiger partial charge in [-0.15, -0.1) is 0 Å². The van der Waals surface area contributed by atoms with E-state index in [2.05, 4.69) is 32.5 Å². The summed E-state index contributed by atoms with van der Waals surface area (Å²) in [4.78, 5) is 6.68. The van der Waals surface area contributed by atoms with Crippen molar-refractivity contribution >= 4 is 11.4 Å². The molecule has 6 heteroatoms. The standard InChI is InChI=1S/C16H16N4O2/c1-2-6-13-12(5-1)17-8-4-9-20(13)11-15-18-16(19-22-15)14-7-3-10-21-14/h1-3,5-7,10,17H,4,8-9,11H2. The zero-order valence-corrected chi connectivity index (χ0v) is 12.0. The number of hydrogen-bond donors (Lipinski definition) is 1. The zero-order valence-electron chi connectivity index (χ0n) is 12.0. The summed E-state index contributed by atoms with van der Waals surface area (Å²) in [7, 11) is 0. The summed E-state index contributed by atoms with van der Waals surface area (Å²) in [5.74, 6) is 1.69. The van der Waals surface area contributed by atoms with Crippen molar-refractivity contribution in [1.82, 2.24) is 10.1 Å². The minimum Gasteiger partial charge on any atom is -0.461 e. The molecule has 0 fully saturated rings. The van der Waals surface area contributed by atoms with Gasteiger partial charge in [0.15, 0.2) is 5.76 Å². The molecule has 0 atom stereocenters. The van der Waals surface area contributed by atoms with Crippen molar-refractivity contribution in [3.63, 3.8) is 0 Å². The van der Waals surface area contributed by atoms with Crippen LogP contribution < -0.4 is 10.2 Å². The maximum absolute atomic E-state index is 5.36. The van der Waals surface area contributed by atoms with Gasteiger partial charge in [0.05, 0.1) is 24.2 Å². The lowest BCUT2D eigenvalue weighted by Gasteiger charge is -2.22. The van der Waals surface area contributed by atoms with E-state index in [0.717, 1.165) is 30.9 Å². The van der Waals surface area contributed by atoms with E-state index >= 15 is 0 Å². The lowest BCUT2D eigenvalue weighted by Crippen LogP contribution is -2.23. The van der Waals surface area contributed by atoms with E-state index in [-0.39, 0.29) is 0 Å². The molecule has 3 heterocycles. The molecule has 0 unspecified atom stereocenters. The van der Waals surface area contributed by atoms with Gasteiger partial charge in [0.1, 0.15) is 0 Å². The van der Waals surface area contributed by atoms with Gasteiger partial charge in [-0.25, -0.2) is 0 Å². The largest absolute Gasteiger partial charge is 0.461 e. The van der Waals surface area contributed by atoms with Crippen LogP contribution in [0.25, 0.3) is 11.6 Å². The fraction of sp³-hybridized carbons (Fsp3) is 0.250. The van der Waals surface area contributed by atoms with Crippen molar-refractivity contribution in [2.24, 2.45) is 0 Å². The van der Waals surface area contributed by atoms with Crippen LogP contribution in [0.5, 0.6) is 0 Å². The van der Waals surface area contributed by atoms with Crippen molar-refractivity contribution in [3.05, 3.63) is 48.6 Å². The molecular weight excluding hydrogens is 280 g/mol. The molecule has 4 rings (SSSR count). The minimum absolute atomic E-state index is 0.487. The second kappa shape index (κ2) is 5.55. The van der Waals surface area contributed by atoms with Crippen molar-refractivity contribution in [3.8, 4) is 11.6 Å². The smallest absolute Gasteiger partial charge is 0.246 e. The van der Waals surface area contributed by atoms with Gasteiger partial charge in [0, 0.05) is 13.1 Å². The lowest BCUT2D eigenvalue weighted by atomic mass is 10.2. The van der Waals surface area contributed by atoms with Crippen LogP contribution in [0.15, 0.2) is 51.6 Å². The molecule has 112 valence electrons. The van der Waals surface area contributed by atoms with Crippen molar-refractivity contribution in [2.75, 3.05) is 23.3 Å². The van der Waals surface area contributed by atoms with Gasteiger partial charge in [-0.3, -0.25) is 0 Å². The van der Waals surface area contributed by atoms with Crippen LogP contribution in [0.1, 0.15) is 12.3 Å². The number of para-hydroxylation sites is 2. The molecule has 0 amide bonds. The molecule has 0 spiro atoms.